The van der Waals surface area contributed by atoms with Crippen LogP contribution < -0.4 is 11.1 Å². The molecule has 0 aliphatic carbocycles. The Balaban J connectivity index is 1.96. The molecule has 3 rings (SSSR count). The number of nitrogens with zero attached hydrogens (tertiary/aromatic N) is 4. The van der Waals surface area contributed by atoms with E-state index in [2.05, 4.69) is 20.4 Å². The number of nitrogens with two attached hydrogens (primary N) is 1. The van der Waals surface area contributed by atoms with Gasteiger partial charge in [-0.15, -0.1) is 11.6 Å². The van der Waals surface area contributed by atoms with Crippen LogP contribution in [0.3, 0.4) is 0 Å². The highest BCUT2D eigenvalue weighted by Gasteiger charge is 2.09. The van der Waals surface area contributed by atoms with Crippen molar-refractivity contribution in [3.05, 3.63) is 36.8 Å². The maximum atomic E-state index is 11.2. The van der Waals surface area contributed by atoms with E-state index in [-0.39, 0.29) is 11.8 Å². The number of alkyl halides is 1. The molecule has 0 unspecified atom stereocenters. The molecule has 1 aromatic carbocycles. The number of nitrogens with one attached hydrogen (secondary N) is 1. The Morgan fingerprint density at radius 3 is 2.76 bits per heavy atom. The molecule has 3 aromatic rings. The van der Waals surface area contributed by atoms with Gasteiger partial charge in [0.15, 0.2) is 5.65 Å². The molecule has 2 aromatic heterocycles. The van der Waals surface area contributed by atoms with Gasteiger partial charge in [0.2, 0.25) is 5.91 Å². The summed E-state index contributed by atoms with van der Waals surface area (Å²) in [4.78, 5) is 19.3. The van der Waals surface area contributed by atoms with Crippen molar-refractivity contribution in [2.75, 3.05) is 16.9 Å². The summed E-state index contributed by atoms with van der Waals surface area (Å²) < 4.78 is 1.65. The summed E-state index contributed by atoms with van der Waals surface area (Å²) in [5.74, 6) is 0.0496. The molecule has 0 atom stereocenters. The number of nitrogen functional groups attached to an aromatic ring is 1. The molecule has 8 heteroatoms. The number of amides is 1. The first-order valence-electron chi connectivity index (χ1n) is 6.09. The Labute approximate surface area is 124 Å². The van der Waals surface area contributed by atoms with Gasteiger partial charge in [0.25, 0.3) is 0 Å². The first-order chi connectivity index (χ1) is 10.2. The summed E-state index contributed by atoms with van der Waals surface area (Å²) in [5.41, 5.74) is 7.86. The lowest BCUT2D eigenvalue weighted by Crippen LogP contribution is -2.12. The minimum atomic E-state index is -0.255. The van der Waals surface area contributed by atoms with E-state index in [1.807, 2.05) is 12.1 Å². The molecule has 0 saturated carbocycles. The van der Waals surface area contributed by atoms with Gasteiger partial charge < -0.3 is 11.1 Å². The van der Waals surface area contributed by atoms with Crippen molar-refractivity contribution in [2.45, 2.75) is 0 Å². The van der Waals surface area contributed by atoms with E-state index < -0.39 is 0 Å². The van der Waals surface area contributed by atoms with Gasteiger partial charge in [0.1, 0.15) is 18.0 Å². The van der Waals surface area contributed by atoms with Crippen LogP contribution in [0.4, 0.5) is 11.5 Å². The summed E-state index contributed by atoms with van der Waals surface area (Å²) in [7, 11) is 0. The fraction of sp³-hybridized carbons (Fsp3) is 0.0769. The third kappa shape index (κ3) is 2.50. The van der Waals surface area contributed by atoms with Crippen LogP contribution in [0.5, 0.6) is 0 Å². The summed E-state index contributed by atoms with van der Waals surface area (Å²) in [5, 5.41) is 7.61. The number of halogens is 1. The number of anilines is 2. The molecular formula is C13H11ClN6O. The van der Waals surface area contributed by atoms with Crippen LogP contribution in [-0.2, 0) is 4.79 Å². The third-order valence-corrected chi connectivity index (χ3v) is 3.16. The number of benzene rings is 1. The van der Waals surface area contributed by atoms with Gasteiger partial charge in [0.05, 0.1) is 17.3 Å². The lowest BCUT2D eigenvalue weighted by atomic mass is 10.2. The van der Waals surface area contributed by atoms with Crippen molar-refractivity contribution in [2.24, 2.45) is 0 Å². The van der Waals surface area contributed by atoms with E-state index in [1.54, 1.807) is 23.0 Å². The molecule has 2 heterocycles. The number of carbonyl (C=O) groups excluding carboxylic acids is 1. The fourth-order valence-electron chi connectivity index (χ4n) is 1.93. The summed E-state index contributed by atoms with van der Waals surface area (Å²) in [6.07, 6.45) is 3.01. The van der Waals surface area contributed by atoms with Crippen LogP contribution in [0.15, 0.2) is 36.8 Å². The molecular weight excluding hydrogens is 292 g/mol. The fourth-order valence-corrected chi connectivity index (χ4v) is 2.00. The SMILES string of the molecule is Nc1ncnc2c1cnn2-c1ccc(NC(=O)CCl)cc1. The Bertz CT molecular complexity index is 798. The molecule has 7 nitrogen and oxygen atoms in total. The molecule has 0 bridgehead atoms. The maximum absolute atomic E-state index is 11.2. The van der Waals surface area contributed by atoms with Gasteiger partial charge in [-0.05, 0) is 24.3 Å². The molecule has 0 spiro atoms. The zero-order valence-corrected chi connectivity index (χ0v) is 11.6. The van der Waals surface area contributed by atoms with Crippen molar-refractivity contribution in [1.29, 1.82) is 0 Å². The summed E-state index contributed by atoms with van der Waals surface area (Å²) >= 11 is 5.44. The molecule has 0 fully saturated rings. The molecule has 0 aliphatic rings. The van der Waals surface area contributed by atoms with Gasteiger partial charge in [-0.1, -0.05) is 0 Å². The average molecular weight is 303 g/mol. The first kappa shape index (κ1) is 13.3. The maximum Gasteiger partial charge on any atom is 0.239 e. The highest BCUT2D eigenvalue weighted by Crippen LogP contribution is 2.20. The molecule has 21 heavy (non-hydrogen) atoms. The minimum absolute atomic E-state index is 0.0816. The largest absolute Gasteiger partial charge is 0.383 e. The van der Waals surface area contributed by atoms with Crippen LogP contribution in [0, 0.1) is 0 Å². The Hall–Kier alpha value is -2.67. The Morgan fingerprint density at radius 1 is 1.29 bits per heavy atom. The zero-order chi connectivity index (χ0) is 14.8. The second-order valence-electron chi connectivity index (χ2n) is 4.28. The first-order valence-corrected chi connectivity index (χ1v) is 6.63. The number of hydrogen-bond acceptors (Lipinski definition) is 5. The number of hydrogen-bond donors (Lipinski definition) is 2. The number of aromatic nitrogens is 4. The van der Waals surface area contributed by atoms with E-state index in [4.69, 9.17) is 17.3 Å². The van der Waals surface area contributed by atoms with Gasteiger partial charge >= 0.3 is 0 Å². The molecule has 106 valence electrons. The highest BCUT2D eigenvalue weighted by molar-refractivity contribution is 6.29. The van der Waals surface area contributed by atoms with Gasteiger partial charge in [-0.3, -0.25) is 4.79 Å². The zero-order valence-electron chi connectivity index (χ0n) is 10.8. The number of fused-ring (bicyclic) bond motifs is 1. The third-order valence-electron chi connectivity index (χ3n) is 2.91. The predicted molar refractivity (Wildman–Crippen MR) is 80.4 cm³/mol. The van der Waals surface area contributed by atoms with Crippen molar-refractivity contribution in [1.82, 2.24) is 19.7 Å². The van der Waals surface area contributed by atoms with Crippen molar-refractivity contribution in [3.63, 3.8) is 0 Å². The topological polar surface area (TPSA) is 98.7 Å². The average Bonchev–Trinajstić information content (AvgIpc) is 2.93. The van der Waals surface area contributed by atoms with E-state index in [0.29, 0.717) is 22.5 Å². The van der Waals surface area contributed by atoms with Crippen molar-refractivity contribution >= 4 is 40.0 Å². The Kier molecular flexibility index (Phi) is 3.41. The second-order valence-corrected chi connectivity index (χ2v) is 4.55. The molecule has 0 saturated heterocycles. The lowest BCUT2D eigenvalue weighted by molar-refractivity contribution is -0.113. The quantitative estimate of drug-likeness (QED) is 0.716. The highest BCUT2D eigenvalue weighted by atomic mass is 35.5. The minimum Gasteiger partial charge on any atom is -0.383 e. The summed E-state index contributed by atoms with van der Waals surface area (Å²) in [6.45, 7) is 0. The van der Waals surface area contributed by atoms with E-state index >= 15 is 0 Å². The van der Waals surface area contributed by atoms with Gasteiger partial charge in [-0.2, -0.15) is 5.10 Å². The van der Waals surface area contributed by atoms with Crippen LogP contribution in [0.1, 0.15) is 0 Å². The second kappa shape index (κ2) is 5.37. The van der Waals surface area contributed by atoms with Gasteiger partial charge in [0, 0.05) is 5.69 Å². The normalized spacial score (nSPS) is 10.7. The lowest BCUT2D eigenvalue weighted by Gasteiger charge is -2.06. The molecule has 0 radical (unpaired) electrons. The monoisotopic (exact) mass is 302 g/mol. The van der Waals surface area contributed by atoms with Crippen molar-refractivity contribution in [3.8, 4) is 5.69 Å². The summed E-state index contributed by atoms with van der Waals surface area (Å²) in [6, 6.07) is 7.15. The number of carbonyl (C=O) groups is 1. The Morgan fingerprint density at radius 2 is 2.05 bits per heavy atom. The standard InChI is InChI=1S/C13H11ClN6O/c14-5-11(21)19-8-1-3-9(4-2-8)20-13-10(6-18-20)12(15)16-7-17-13/h1-4,6-7H,5H2,(H,19,21)(H2,15,16,17). The molecule has 0 aliphatic heterocycles. The predicted octanol–water partition coefficient (Wildman–Crippen LogP) is 1.57. The van der Waals surface area contributed by atoms with E-state index in [0.717, 1.165) is 5.69 Å². The van der Waals surface area contributed by atoms with Crippen LogP contribution in [-0.4, -0.2) is 31.5 Å². The number of rotatable bonds is 3. The van der Waals surface area contributed by atoms with Crippen LogP contribution >= 0.6 is 11.6 Å². The van der Waals surface area contributed by atoms with Crippen LogP contribution in [0.2, 0.25) is 0 Å². The van der Waals surface area contributed by atoms with E-state index in [9.17, 15) is 4.79 Å². The van der Waals surface area contributed by atoms with E-state index in [1.165, 1.54) is 6.33 Å². The molecule has 1 amide bonds. The van der Waals surface area contributed by atoms with Gasteiger partial charge in [-0.25, -0.2) is 14.6 Å². The van der Waals surface area contributed by atoms with Crippen LogP contribution in [0.25, 0.3) is 16.7 Å². The smallest absolute Gasteiger partial charge is 0.239 e. The molecule has 3 N–H and O–H groups in total. The van der Waals surface area contributed by atoms with Crippen molar-refractivity contribution < 1.29 is 4.79 Å².